The normalized spacial score (nSPS) is 15.2. The molecular formula is C22H16ClF3N6O3S. The summed E-state index contributed by atoms with van der Waals surface area (Å²) in [6, 6.07) is 8.50. The van der Waals surface area contributed by atoms with Crippen molar-refractivity contribution in [3.05, 3.63) is 69.2 Å². The van der Waals surface area contributed by atoms with Gasteiger partial charge in [0.25, 0.3) is 11.1 Å². The van der Waals surface area contributed by atoms with Crippen molar-refractivity contribution in [2.45, 2.75) is 12.7 Å². The number of hydrogen-bond donors (Lipinski definition) is 3. The summed E-state index contributed by atoms with van der Waals surface area (Å²) in [5, 5.41) is 13.2. The predicted octanol–water partition coefficient (Wildman–Crippen LogP) is 3.80. The van der Waals surface area contributed by atoms with Gasteiger partial charge in [-0.15, -0.1) is 0 Å². The summed E-state index contributed by atoms with van der Waals surface area (Å²) in [6.07, 6.45) is -1.63. The number of benzene rings is 2. The minimum absolute atomic E-state index is 0.00320. The fraction of sp³-hybridized carbons (Fsp3) is 0.136. The van der Waals surface area contributed by atoms with E-state index < -0.39 is 41.3 Å². The molecule has 0 spiro atoms. The van der Waals surface area contributed by atoms with Gasteiger partial charge in [-0.25, -0.2) is 0 Å². The molecule has 186 valence electrons. The minimum atomic E-state index is -4.58. The first-order valence-electron chi connectivity index (χ1n) is 10.1. The number of carbonyl (C=O) groups is 3. The number of carbonyl (C=O) groups excluding carboxylic acids is 3. The minimum Gasteiger partial charge on any atom is -0.370 e. The van der Waals surface area contributed by atoms with Crippen LogP contribution in [0.4, 0.5) is 18.0 Å². The lowest BCUT2D eigenvalue weighted by Crippen LogP contribution is -2.44. The molecule has 1 saturated heterocycles. The van der Waals surface area contributed by atoms with E-state index in [0.29, 0.717) is 28.2 Å². The molecule has 14 heteroatoms. The Kier molecular flexibility index (Phi) is 6.78. The molecule has 0 saturated carbocycles. The van der Waals surface area contributed by atoms with Gasteiger partial charge in [-0.2, -0.15) is 18.3 Å². The summed E-state index contributed by atoms with van der Waals surface area (Å²) in [6.45, 7) is -0.728. The van der Waals surface area contributed by atoms with E-state index in [2.05, 4.69) is 5.10 Å². The van der Waals surface area contributed by atoms with Gasteiger partial charge in [-0.1, -0.05) is 23.7 Å². The molecule has 0 aliphatic carbocycles. The third-order valence-corrected chi connectivity index (χ3v) is 6.25. The first-order valence-corrected chi connectivity index (χ1v) is 11.3. The van der Waals surface area contributed by atoms with Gasteiger partial charge >= 0.3 is 6.18 Å². The Balaban J connectivity index is 1.56. The van der Waals surface area contributed by atoms with E-state index in [-0.39, 0.29) is 22.0 Å². The topological polar surface area (TPSA) is 134 Å². The molecular weight excluding hydrogens is 521 g/mol. The molecule has 1 aliphatic heterocycles. The summed E-state index contributed by atoms with van der Waals surface area (Å²) in [5.41, 5.74) is 5.34. The number of imide groups is 1. The van der Waals surface area contributed by atoms with Crippen molar-refractivity contribution in [1.29, 1.82) is 5.41 Å². The van der Waals surface area contributed by atoms with Gasteiger partial charge in [0.2, 0.25) is 5.91 Å². The summed E-state index contributed by atoms with van der Waals surface area (Å²) in [4.78, 5) is 37.3. The molecule has 1 aliphatic rings. The molecule has 0 radical (unpaired) electrons. The lowest BCUT2D eigenvalue weighted by atomic mass is 10.1. The molecule has 0 atom stereocenters. The van der Waals surface area contributed by atoms with Crippen molar-refractivity contribution in [3.63, 3.8) is 0 Å². The number of nitrogens with one attached hydrogen (secondary N) is 2. The number of nitrogens with two attached hydrogens (primary N) is 1. The number of hydrogen-bond acceptors (Lipinski definition) is 6. The van der Waals surface area contributed by atoms with Gasteiger partial charge < -0.3 is 5.73 Å². The number of thioether (sulfide) groups is 1. The molecule has 9 nitrogen and oxygen atoms in total. The van der Waals surface area contributed by atoms with Crippen LogP contribution in [-0.2, 0) is 22.3 Å². The predicted molar refractivity (Wildman–Crippen MR) is 128 cm³/mol. The molecule has 0 bridgehead atoms. The van der Waals surface area contributed by atoms with Crippen molar-refractivity contribution in [2.75, 3.05) is 6.54 Å². The molecule has 4 N–H and O–H groups in total. The maximum atomic E-state index is 13.4. The van der Waals surface area contributed by atoms with Gasteiger partial charge in [0.1, 0.15) is 6.54 Å². The maximum absolute atomic E-state index is 13.4. The summed E-state index contributed by atoms with van der Waals surface area (Å²) in [7, 11) is 0. The first kappa shape index (κ1) is 25.3. The molecule has 3 amide bonds. The van der Waals surface area contributed by atoms with Crippen LogP contribution in [0.1, 0.15) is 16.7 Å². The molecule has 0 unspecified atom stereocenters. The number of amides is 3. The highest BCUT2D eigenvalue weighted by Crippen LogP contribution is 2.35. The number of alkyl halides is 3. The van der Waals surface area contributed by atoms with Crippen molar-refractivity contribution in [1.82, 2.24) is 20.0 Å². The molecule has 1 aromatic heterocycles. The van der Waals surface area contributed by atoms with Crippen molar-refractivity contribution in [3.8, 4) is 0 Å². The molecule has 3 aromatic rings. The number of guanidine groups is 1. The number of nitrogens with zero attached hydrogens (tertiary/aromatic N) is 3. The van der Waals surface area contributed by atoms with Gasteiger partial charge in [-0.3, -0.25) is 34.7 Å². The molecule has 36 heavy (non-hydrogen) atoms. The zero-order valence-corrected chi connectivity index (χ0v) is 19.7. The van der Waals surface area contributed by atoms with Gasteiger partial charge in [0.05, 0.1) is 28.7 Å². The maximum Gasteiger partial charge on any atom is 0.416 e. The highest BCUT2D eigenvalue weighted by molar-refractivity contribution is 8.18. The zero-order chi connectivity index (χ0) is 26.2. The second kappa shape index (κ2) is 9.66. The molecule has 2 heterocycles. The third-order valence-electron chi connectivity index (χ3n) is 5.11. The van der Waals surface area contributed by atoms with E-state index in [1.54, 1.807) is 18.2 Å². The molecule has 2 aromatic carbocycles. The van der Waals surface area contributed by atoms with Crippen molar-refractivity contribution >= 4 is 63.4 Å². The van der Waals surface area contributed by atoms with Crippen LogP contribution < -0.4 is 11.1 Å². The first-order chi connectivity index (χ1) is 16.9. The van der Waals surface area contributed by atoms with Crippen LogP contribution in [0, 0.1) is 5.41 Å². The largest absolute Gasteiger partial charge is 0.416 e. The standard InChI is InChI=1S/C22H16ClF3N6O3S/c23-14-3-2-12(15(7-14)22(24,25)26)9-32-16-4-1-11(5-13(16)8-29-32)6-17-19(34)31(21(35)36-17)10-18(33)30-20(27)28/h1-8H,9-10H2,(H4,27,28,30,33). The Hall–Kier alpha value is -3.84. The van der Waals surface area contributed by atoms with Gasteiger partial charge in [-0.05, 0) is 53.2 Å². The Morgan fingerprint density at radius 1 is 1.22 bits per heavy atom. The number of aromatic nitrogens is 2. The second-order valence-electron chi connectivity index (χ2n) is 7.65. The van der Waals surface area contributed by atoms with Crippen LogP contribution in [0.2, 0.25) is 5.02 Å². The number of halogens is 4. The van der Waals surface area contributed by atoms with E-state index in [9.17, 15) is 27.6 Å². The lowest BCUT2D eigenvalue weighted by Gasteiger charge is -2.14. The Morgan fingerprint density at radius 3 is 2.67 bits per heavy atom. The van der Waals surface area contributed by atoms with Crippen LogP contribution in [0.5, 0.6) is 0 Å². The smallest absolute Gasteiger partial charge is 0.370 e. The van der Waals surface area contributed by atoms with Crippen LogP contribution in [-0.4, -0.2) is 44.2 Å². The summed E-state index contributed by atoms with van der Waals surface area (Å²) >= 11 is 6.40. The van der Waals surface area contributed by atoms with Crippen molar-refractivity contribution < 1.29 is 27.6 Å². The second-order valence-corrected chi connectivity index (χ2v) is 9.08. The van der Waals surface area contributed by atoms with E-state index in [1.807, 2.05) is 5.32 Å². The monoisotopic (exact) mass is 536 g/mol. The van der Waals surface area contributed by atoms with Crippen LogP contribution in [0.15, 0.2) is 47.5 Å². The van der Waals surface area contributed by atoms with Crippen LogP contribution in [0.25, 0.3) is 17.0 Å². The Morgan fingerprint density at radius 2 is 1.97 bits per heavy atom. The van der Waals surface area contributed by atoms with E-state index in [1.165, 1.54) is 29.1 Å². The zero-order valence-electron chi connectivity index (χ0n) is 18.1. The van der Waals surface area contributed by atoms with Gasteiger partial charge in [0, 0.05) is 10.4 Å². The Labute approximate surface area is 210 Å². The average molecular weight is 537 g/mol. The van der Waals surface area contributed by atoms with Gasteiger partial charge in [0.15, 0.2) is 5.96 Å². The van der Waals surface area contributed by atoms with E-state index in [0.717, 1.165) is 11.0 Å². The summed E-state index contributed by atoms with van der Waals surface area (Å²) in [5.74, 6) is -2.07. The Bertz CT molecular complexity index is 1450. The SMILES string of the molecule is N=C(N)NC(=O)CN1C(=O)SC(=Cc2ccc3c(cnn3Cc3ccc(Cl)cc3C(F)(F)F)c2)C1=O. The van der Waals surface area contributed by atoms with Crippen molar-refractivity contribution in [2.24, 2.45) is 5.73 Å². The van der Waals surface area contributed by atoms with Crippen LogP contribution in [0.3, 0.4) is 0 Å². The number of rotatable bonds is 5. The summed E-state index contributed by atoms with van der Waals surface area (Å²) < 4.78 is 41.7. The van der Waals surface area contributed by atoms with E-state index in [4.69, 9.17) is 22.7 Å². The van der Waals surface area contributed by atoms with E-state index >= 15 is 0 Å². The average Bonchev–Trinajstić information content (AvgIpc) is 3.29. The highest BCUT2D eigenvalue weighted by Gasteiger charge is 2.36. The fourth-order valence-corrected chi connectivity index (χ4v) is 4.56. The molecule has 4 rings (SSSR count). The molecule has 1 fully saturated rings. The third kappa shape index (κ3) is 5.36. The quantitative estimate of drug-likeness (QED) is 0.258. The lowest BCUT2D eigenvalue weighted by molar-refractivity contribution is -0.138. The number of fused-ring (bicyclic) bond motifs is 1. The fourth-order valence-electron chi connectivity index (χ4n) is 3.55. The van der Waals surface area contributed by atoms with Crippen LogP contribution >= 0.6 is 23.4 Å². The highest BCUT2D eigenvalue weighted by atomic mass is 35.5.